The summed E-state index contributed by atoms with van der Waals surface area (Å²) in [6.45, 7) is 11.1. The van der Waals surface area contributed by atoms with Gasteiger partial charge in [0.1, 0.15) is 11.4 Å². The summed E-state index contributed by atoms with van der Waals surface area (Å²) >= 11 is 0. The highest BCUT2D eigenvalue weighted by atomic mass is 16.3. The number of aliphatic hydroxyl groups excluding tert-OH is 1. The molecule has 3 aromatic rings. The monoisotopic (exact) mass is 468 g/mol. The summed E-state index contributed by atoms with van der Waals surface area (Å²) in [6.07, 6.45) is 0.0410. The number of hydrogen-bond donors (Lipinski definition) is 4. The van der Waals surface area contributed by atoms with Gasteiger partial charge in [0.15, 0.2) is 0 Å². The average molecular weight is 469 g/mol. The molecule has 2 aromatic heterocycles. The number of carbonyl (C=O) groups is 1. The van der Waals surface area contributed by atoms with Crippen LogP contribution in [-0.2, 0) is 11.3 Å². The molecule has 0 aliphatic heterocycles. The summed E-state index contributed by atoms with van der Waals surface area (Å²) in [5.41, 5.74) is 10.8. The van der Waals surface area contributed by atoms with Gasteiger partial charge < -0.3 is 30.7 Å². The number of primary amides is 1. The van der Waals surface area contributed by atoms with Crippen LogP contribution in [0.1, 0.15) is 42.3 Å². The summed E-state index contributed by atoms with van der Waals surface area (Å²) in [5, 5.41) is 23.8. The number of carbonyl (C=O) groups excluding carboxylic acids is 1. The lowest BCUT2D eigenvalue weighted by Crippen LogP contribution is -2.36. The van der Waals surface area contributed by atoms with Gasteiger partial charge in [-0.15, -0.1) is 0 Å². The first-order chi connectivity index (χ1) is 16.2. The third-order valence-corrected chi connectivity index (χ3v) is 5.87. The molecule has 0 bridgehead atoms. The highest BCUT2D eigenvalue weighted by Crippen LogP contribution is 2.27. The second kappa shape index (κ2) is 11.3. The Morgan fingerprint density at radius 1 is 1.24 bits per heavy atom. The molecule has 184 valence electrons. The Balaban J connectivity index is 1.75. The minimum atomic E-state index is -0.754. The van der Waals surface area contributed by atoms with E-state index in [1.54, 1.807) is 12.1 Å². The first-order valence-corrected chi connectivity index (χ1v) is 11.7. The molecule has 2 heterocycles. The number of anilines is 1. The molecule has 1 aromatic carbocycles. The van der Waals surface area contributed by atoms with E-state index in [4.69, 9.17) is 10.7 Å². The number of aromatic nitrogens is 3. The van der Waals surface area contributed by atoms with Gasteiger partial charge in [-0.2, -0.15) is 0 Å². The van der Waals surface area contributed by atoms with Crippen molar-refractivity contribution in [3.8, 4) is 5.75 Å². The largest absolute Gasteiger partial charge is 0.506 e. The van der Waals surface area contributed by atoms with Gasteiger partial charge in [0, 0.05) is 18.8 Å². The van der Waals surface area contributed by atoms with E-state index in [0.29, 0.717) is 25.3 Å². The third-order valence-electron chi connectivity index (χ3n) is 5.87. The first kappa shape index (κ1) is 25.5. The normalized spacial score (nSPS) is 12.4. The van der Waals surface area contributed by atoms with Crippen LogP contribution in [0.5, 0.6) is 5.75 Å². The molecule has 3 rings (SSSR count). The molecule has 0 aliphatic rings. The van der Waals surface area contributed by atoms with Crippen molar-refractivity contribution < 1.29 is 15.0 Å². The van der Waals surface area contributed by atoms with Crippen molar-refractivity contribution in [3.05, 3.63) is 46.8 Å². The quantitative estimate of drug-likeness (QED) is 0.301. The summed E-state index contributed by atoms with van der Waals surface area (Å²) in [5.74, 6) is 0.392. The number of imidazole rings is 1. The molecule has 0 fully saturated rings. The Kier molecular flexibility index (Phi) is 8.46. The minimum Gasteiger partial charge on any atom is -0.506 e. The second-order valence-electron chi connectivity index (χ2n) is 8.89. The molecule has 5 N–H and O–H groups in total. The Hall–Kier alpha value is -3.17. The zero-order valence-corrected chi connectivity index (χ0v) is 20.5. The van der Waals surface area contributed by atoms with Gasteiger partial charge in [0.2, 0.25) is 11.9 Å². The fourth-order valence-corrected chi connectivity index (χ4v) is 4.21. The molecule has 1 atom stereocenters. The van der Waals surface area contributed by atoms with Crippen LogP contribution in [0.25, 0.3) is 11.0 Å². The zero-order chi connectivity index (χ0) is 24.8. The number of pyridine rings is 1. The fraction of sp³-hybridized carbons (Fsp3) is 0.480. The topological polar surface area (TPSA) is 130 Å². The number of nitrogens with zero attached hydrogens (tertiary/aromatic N) is 4. The Morgan fingerprint density at radius 2 is 2.00 bits per heavy atom. The van der Waals surface area contributed by atoms with Crippen molar-refractivity contribution in [2.45, 2.75) is 53.2 Å². The second-order valence-corrected chi connectivity index (χ2v) is 8.89. The maximum absolute atomic E-state index is 11.0. The standard InChI is InChI=1S/C25H36N6O3/c1-5-30(14-19(32)13-23(26)34)10-6-9-27-25-29-24-17(3)11-16(2)12-21(24)31(25)15-20-22(33)8-7-18(4)28-20/h7-8,11-12,19,32-33H,5-6,9-10,13-15H2,1-4H3,(H2,26,34)(H,27,29). The number of aromatic hydroxyl groups is 1. The predicted molar refractivity (Wildman–Crippen MR) is 134 cm³/mol. The van der Waals surface area contributed by atoms with Crippen molar-refractivity contribution in [2.75, 3.05) is 31.5 Å². The summed E-state index contributed by atoms with van der Waals surface area (Å²) in [4.78, 5) is 22.5. The molecular weight excluding hydrogens is 432 g/mol. The zero-order valence-electron chi connectivity index (χ0n) is 20.5. The van der Waals surface area contributed by atoms with Gasteiger partial charge in [-0.05, 0) is 69.6 Å². The smallest absolute Gasteiger partial charge is 0.220 e. The van der Waals surface area contributed by atoms with E-state index < -0.39 is 12.0 Å². The maximum atomic E-state index is 11.0. The van der Waals surface area contributed by atoms with E-state index in [1.165, 1.54) is 0 Å². The van der Waals surface area contributed by atoms with Gasteiger partial charge in [-0.25, -0.2) is 4.98 Å². The minimum absolute atomic E-state index is 0.0304. The van der Waals surface area contributed by atoms with Crippen molar-refractivity contribution in [1.82, 2.24) is 19.4 Å². The first-order valence-electron chi connectivity index (χ1n) is 11.7. The van der Waals surface area contributed by atoms with E-state index in [-0.39, 0.29) is 12.2 Å². The SMILES string of the molecule is CCN(CCCNc1nc2c(C)cc(C)cc2n1Cc1nc(C)ccc1O)CC(O)CC(N)=O. The molecule has 0 saturated heterocycles. The summed E-state index contributed by atoms with van der Waals surface area (Å²) in [7, 11) is 0. The van der Waals surface area contributed by atoms with E-state index in [9.17, 15) is 15.0 Å². The number of nitrogens with two attached hydrogens (primary N) is 1. The van der Waals surface area contributed by atoms with Crippen molar-refractivity contribution >= 4 is 22.9 Å². The molecule has 1 unspecified atom stereocenters. The number of aliphatic hydroxyl groups is 1. The van der Waals surface area contributed by atoms with Gasteiger partial charge in [-0.1, -0.05) is 13.0 Å². The molecular formula is C25H36N6O3. The number of benzene rings is 1. The number of likely N-dealkylation sites (N-methyl/N-ethyl adjacent to an activating group) is 1. The van der Waals surface area contributed by atoms with Crippen LogP contribution in [0.4, 0.5) is 5.95 Å². The van der Waals surface area contributed by atoms with Crippen LogP contribution < -0.4 is 11.1 Å². The van der Waals surface area contributed by atoms with E-state index in [0.717, 1.165) is 53.3 Å². The number of nitrogens with one attached hydrogen (secondary N) is 1. The molecule has 0 spiro atoms. The van der Waals surface area contributed by atoms with Crippen LogP contribution in [0.3, 0.4) is 0 Å². The number of aryl methyl sites for hydroxylation is 3. The van der Waals surface area contributed by atoms with Crippen LogP contribution in [-0.4, -0.2) is 67.8 Å². The average Bonchev–Trinajstić information content (AvgIpc) is 3.10. The molecule has 9 nitrogen and oxygen atoms in total. The molecule has 1 amide bonds. The lowest BCUT2D eigenvalue weighted by molar-refractivity contribution is -0.120. The van der Waals surface area contributed by atoms with Crippen LogP contribution in [0.2, 0.25) is 0 Å². The molecule has 0 radical (unpaired) electrons. The highest BCUT2D eigenvalue weighted by Gasteiger charge is 2.16. The van der Waals surface area contributed by atoms with Crippen LogP contribution in [0.15, 0.2) is 24.3 Å². The van der Waals surface area contributed by atoms with Gasteiger partial charge in [0.25, 0.3) is 0 Å². The van der Waals surface area contributed by atoms with Crippen molar-refractivity contribution in [2.24, 2.45) is 5.73 Å². The van der Waals surface area contributed by atoms with Crippen molar-refractivity contribution in [1.29, 1.82) is 0 Å². The molecule has 9 heteroatoms. The van der Waals surface area contributed by atoms with Crippen LogP contribution >= 0.6 is 0 Å². The maximum Gasteiger partial charge on any atom is 0.220 e. The Morgan fingerprint density at radius 3 is 2.71 bits per heavy atom. The molecule has 34 heavy (non-hydrogen) atoms. The summed E-state index contributed by atoms with van der Waals surface area (Å²) < 4.78 is 2.06. The van der Waals surface area contributed by atoms with E-state index in [2.05, 4.69) is 45.7 Å². The van der Waals surface area contributed by atoms with Crippen LogP contribution in [0, 0.1) is 20.8 Å². The van der Waals surface area contributed by atoms with Crippen molar-refractivity contribution in [3.63, 3.8) is 0 Å². The molecule has 0 aliphatic carbocycles. The third kappa shape index (κ3) is 6.45. The Labute approximate surface area is 200 Å². The van der Waals surface area contributed by atoms with Gasteiger partial charge in [-0.3, -0.25) is 9.78 Å². The number of fused-ring (bicyclic) bond motifs is 1. The fourth-order valence-electron chi connectivity index (χ4n) is 4.21. The van der Waals surface area contributed by atoms with Gasteiger partial charge >= 0.3 is 0 Å². The van der Waals surface area contributed by atoms with E-state index in [1.807, 2.05) is 13.8 Å². The van der Waals surface area contributed by atoms with E-state index >= 15 is 0 Å². The number of rotatable bonds is 12. The lowest BCUT2D eigenvalue weighted by Gasteiger charge is -2.23. The lowest BCUT2D eigenvalue weighted by atomic mass is 10.1. The number of hydrogen-bond acceptors (Lipinski definition) is 7. The van der Waals surface area contributed by atoms with Gasteiger partial charge in [0.05, 0.1) is 30.1 Å². The summed E-state index contributed by atoms with van der Waals surface area (Å²) in [6, 6.07) is 7.68. The Bertz CT molecular complexity index is 1140. The predicted octanol–water partition coefficient (Wildman–Crippen LogP) is 2.47. The molecule has 0 saturated carbocycles. The number of amides is 1. The highest BCUT2D eigenvalue weighted by molar-refractivity contribution is 5.83.